The maximum absolute atomic E-state index is 12.4. The highest BCUT2D eigenvalue weighted by Crippen LogP contribution is 2.16. The molecule has 1 unspecified atom stereocenters. The van der Waals surface area contributed by atoms with Gasteiger partial charge in [0.05, 0.1) is 6.42 Å². The molecule has 3 N–H and O–H groups in total. The summed E-state index contributed by atoms with van der Waals surface area (Å²) in [5.41, 5.74) is 0.941. The number of fused-ring (bicyclic) bond motifs is 1. The number of rotatable bonds is 9. The Labute approximate surface area is 155 Å². The zero-order chi connectivity index (χ0) is 18.9. The molecule has 0 aromatic heterocycles. The van der Waals surface area contributed by atoms with E-state index < -0.39 is 6.04 Å². The Morgan fingerprint density at radius 2 is 1.73 bits per heavy atom. The van der Waals surface area contributed by atoms with Crippen molar-refractivity contribution in [2.45, 2.75) is 33.2 Å². The third kappa shape index (κ3) is 5.85. The summed E-state index contributed by atoms with van der Waals surface area (Å²) in [5.74, 6) is -0.250. The average Bonchev–Trinajstić information content (AvgIpc) is 2.62. The number of amides is 2. The highest BCUT2D eigenvalue weighted by atomic mass is 16.2. The molecule has 0 fully saturated rings. The minimum absolute atomic E-state index is 0.0229. The zero-order valence-corrected chi connectivity index (χ0v) is 15.8. The van der Waals surface area contributed by atoms with Gasteiger partial charge in [-0.05, 0) is 28.8 Å². The van der Waals surface area contributed by atoms with E-state index in [1.54, 1.807) is 0 Å². The first-order chi connectivity index (χ1) is 12.5. The molecule has 0 aliphatic heterocycles. The maximum atomic E-state index is 12.4. The predicted molar refractivity (Wildman–Crippen MR) is 106 cm³/mol. The van der Waals surface area contributed by atoms with Gasteiger partial charge < -0.3 is 16.0 Å². The van der Waals surface area contributed by atoms with Crippen molar-refractivity contribution in [3.05, 3.63) is 48.0 Å². The second-order valence-electron chi connectivity index (χ2n) is 6.79. The first-order valence-electron chi connectivity index (χ1n) is 9.26. The van der Waals surface area contributed by atoms with Gasteiger partial charge in [0.1, 0.15) is 6.04 Å². The molecule has 26 heavy (non-hydrogen) atoms. The van der Waals surface area contributed by atoms with Crippen molar-refractivity contribution >= 4 is 22.6 Å². The van der Waals surface area contributed by atoms with E-state index in [1.807, 2.05) is 63.2 Å². The standard InChI is InChI=1S/C21H29N3O2/c1-4-22-11-12-23-21(26)20(15(2)3)24-19(25)14-16-9-10-17-7-5-6-8-18(17)13-16/h5-10,13,15,20,22H,4,11-12,14H2,1-3H3,(H,23,26)(H,24,25). The van der Waals surface area contributed by atoms with E-state index in [1.165, 1.54) is 0 Å². The van der Waals surface area contributed by atoms with Gasteiger partial charge in [-0.1, -0.05) is 63.2 Å². The van der Waals surface area contributed by atoms with Crippen LogP contribution >= 0.6 is 0 Å². The Morgan fingerprint density at radius 3 is 2.42 bits per heavy atom. The topological polar surface area (TPSA) is 70.2 Å². The van der Waals surface area contributed by atoms with Crippen LogP contribution in [0, 0.1) is 5.92 Å². The highest BCUT2D eigenvalue weighted by molar-refractivity contribution is 5.89. The Morgan fingerprint density at radius 1 is 1.00 bits per heavy atom. The normalized spacial score (nSPS) is 12.2. The second-order valence-corrected chi connectivity index (χ2v) is 6.79. The number of benzene rings is 2. The van der Waals surface area contributed by atoms with E-state index in [0.29, 0.717) is 6.54 Å². The number of carbonyl (C=O) groups is 2. The van der Waals surface area contributed by atoms with Crippen molar-refractivity contribution in [2.24, 2.45) is 5.92 Å². The number of nitrogens with one attached hydrogen (secondary N) is 3. The number of hydrogen-bond acceptors (Lipinski definition) is 3. The van der Waals surface area contributed by atoms with Gasteiger partial charge in [-0.15, -0.1) is 0 Å². The maximum Gasteiger partial charge on any atom is 0.242 e. The van der Waals surface area contributed by atoms with Crippen LogP contribution in [0.2, 0.25) is 0 Å². The van der Waals surface area contributed by atoms with Crippen LogP contribution in [0.3, 0.4) is 0 Å². The van der Waals surface area contributed by atoms with Gasteiger partial charge in [-0.3, -0.25) is 9.59 Å². The van der Waals surface area contributed by atoms with E-state index in [-0.39, 0.29) is 24.2 Å². The molecule has 0 saturated carbocycles. The molecule has 0 aliphatic rings. The number of carbonyl (C=O) groups excluding carboxylic acids is 2. The van der Waals surface area contributed by atoms with E-state index in [9.17, 15) is 9.59 Å². The Hall–Kier alpha value is -2.40. The van der Waals surface area contributed by atoms with Gasteiger partial charge >= 0.3 is 0 Å². The lowest BCUT2D eigenvalue weighted by Crippen LogP contribution is -2.51. The van der Waals surface area contributed by atoms with E-state index in [2.05, 4.69) is 16.0 Å². The predicted octanol–water partition coefficient (Wildman–Crippen LogP) is 2.25. The molecule has 0 heterocycles. The van der Waals surface area contributed by atoms with Crippen LogP contribution in [0.25, 0.3) is 10.8 Å². The molecular formula is C21H29N3O2. The Bertz CT molecular complexity index is 743. The lowest BCUT2D eigenvalue weighted by atomic mass is 10.0. The zero-order valence-electron chi connectivity index (χ0n) is 15.8. The molecule has 0 radical (unpaired) electrons. The van der Waals surface area contributed by atoms with Crippen molar-refractivity contribution in [1.29, 1.82) is 0 Å². The first kappa shape index (κ1) is 19.9. The van der Waals surface area contributed by atoms with Crippen molar-refractivity contribution in [3.63, 3.8) is 0 Å². The van der Waals surface area contributed by atoms with Crippen molar-refractivity contribution in [2.75, 3.05) is 19.6 Å². The fourth-order valence-corrected chi connectivity index (χ4v) is 2.85. The van der Waals surface area contributed by atoms with Gasteiger partial charge in [-0.25, -0.2) is 0 Å². The van der Waals surface area contributed by atoms with Crippen LogP contribution in [0.1, 0.15) is 26.3 Å². The average molecular weight is 355 g/mol. The molecule has 2 amide bonds. The van der Waals surface area contributed by atoms with E-state index >= 15 is 0 Å². The molecule has 2 aromatic rings. The molecule has 1 atom stereocenters. The minimum atomic E-state index is -0.524. The fourth-order valence-electron chi connectivity index (χ4n) is 2.85. The summed E-state index contributed by atoms with van der Waals surface area (Å²) in [6.07, 6.45) is 0.263. The Kier molecular flexibility index (Phi) is 7.60. The molecule has 0 bridgehead atoms. The SMILES string of the molecule is CCNCCNC(=O)C(NC(=O)Cc1ccc2ccccc2c1)C(C)C. The van der Waals surface area contributed by atoms with Gasteiger partial charge in [-0.2, -0.15) is 0 Å². The largest absolute Gasteiger partial charge is 0.353 e. The van der Waals surface area contributed by atoms with Crippen LogP contribution in [0.5, 0.6) is 0 Å². The van der Waals surface area contributed by atoms with Crippen molar-refractivity contribution in [1.82, 2.24) is 16.0 Å². The summed E-state index contributed by atoms with van der Waals surface area (Å²) in [4.78, 5) is 24.8. The second kappa shape index (κ2) is 9.92. The van der Waals surface area contributed by atoms with Crippen molar-refractivity contribution in [3.8, 4) is 0 Å². The summed E-state index contributed by atoms with van der Waals surface area (Å²) < 4.78 is 0. The lowest BCUT2D eigenvalue weighted by Gasteiger charge is -2.22. The van der Waals surface area contributed by atoms with Gasteiger partial charge in [0, 0.05) is 13.1 Å². The van der Waals surface area contributed by atoms with Crippen LogP contribution < -0.4 is 16.0 Å². The molecule has 2 aromatic carbocycles. The molecule has 5 nitrogen and oxygen atoms in total. The van der Waals surface area contributed by atoms with E-state index in [0.717, 1.165) is 29.4 Å². The smallest absolute Gasteiger partial charge is 0.242 e. The quantitative estimate of drug-likeness (QED) is 0.604. The van der Waals surface area contributed by atoms with Crippen LogP contribution in [-0.2, 0) is 16.0 Å². The van der Waals surface area contributed by atoms with Crippen LogP contribution in [0.4, 0.5) is 0 Å². The summed E-state index contributed by atoms with van der Waals surface area (Å²) >= 11 is 0. The third-order valence-corrected chi connectivity index (χ3v) is 4.30. The highest BCUT2D eigenvalue weighted by Gasteiger charge is 2.23. The minimum Gasteiger partial charge on any atom is -0.353 e. The molecule has 0 aliphatic carbocycles. The monoisotopic (exact) mass is 355 g/mol. The lowest BCUT2D eigenvalue weighted by molar-refractivity contribution is -0.129. The number of likely N-dealkylation sites (N-methyl/N-ethyl adjacent to an activating group) is 1. The summed E-state index contributed by atoms with van der Waals surface area (Å²) in [6, 6.07) is 13.5. The van der Waals surface area contributed by atoms with Crippen LogP contribution in [0.15, 0.2) is 42.5 Å². The first-order valence-corrected chi connectivity index (χ1v) is 9.26. The fraction of sp³-hybridized carbons (Fsp3) is 0.429. The summed E-state index contributed by atoms with van der Waals surface area (Å²) in [7, 11) is 0. The molecule has 0 spiro atoms. The summed E-state index contributed by atoms with van der Waals surface area (Å²) in [5, 5.41) is 11.2. The third-order valence-electron chi connectivity index (χ3n) is 4.30. The van der Waals surface area contributed by atoms with Gasteiger partial charge in [0.2, 0.25) is 11.8 Å². The number of hydrogen-bond donors (Lipinski definition) is 3. The molecule has 2 rings (SSSR count). The molecular weight excluding hydrogens is 326 g/mol. The van der Waals surface area contributed by atoms with Gasteiger partial charge in [0.25, 0.3) is 0 Å². The van der Waals surface area contributed by atoms with Crippen molar-refractivity contribution < 1.29 is 9.59 Å². The summed E-state index contributed by atoms with van der Waals surface area (Å²) in [6.45, 7) is 8.03. The van der Waals surface area contributed by atoms with Crippen LogP contribution in [-0.4, -0.2) is 37.5 Å². The molecule has 5 heteroatoms. The molecule has 140 valence electrons. The van der Waals surface area contributed by atoms with Gasteiger partial charge in [0.15, 0.2) is 0 Å². The molecule has 0 saturated heterocycles. The van der Waals surface area contributed by atoms with E-state index in [4.69, 9.17) is 0 Å². The Balaban J connectivity index is 1.94.